The highest BCUT2D eigenvalue weighted by molar-refractivity contribution is 6.32. The smallest absolute Gasteiger partial charge is 0.138 e. The van der Waals surface area contributed by atoms with E-state index in [0.29, 0.717) is 0 Å². The van der Waals surface area contributed by atoms with Gasteiger partial charge in [-0.2, -0.15) is 0 Å². The van der Waals surface area contributed by atoms with Crippen LogP contribution in [0.1, 0.15) is 31.2 Å². The zero-order chi connectivity index (χ0) is 19.5. The lowest BCUT2D eigenvalue weighted by Gasteiger charge is -2.28. The molecule has 2 heterocycles. The molecular weight excluding hydrogens is 370 g/mol. The van der Waals surface area contributed by atoms with Gasteiger partial charge in [-0.3, -0.25) is 0 Å². The molecule has 1 fully saturated rings. The minimum absolute atomic E-state index is 0.745. The Bertz CT molecular complexity index is 888. The number of benzene rings is 2. The van der Waals surface area contributed by atoms with Gasteiger partial charge in [0.15, 0.2) is 0 Å². The van der Waals surface area contributed by atoms with E-state index in [2.05, 4.69) is 34.0 Å². The third kappa shape index (κ3) is 4.50. The first kappa shape index (κ1) is 19.3. The Hall–Kier alpha value is -2.04. The van der Waals surface area contributed by atoms with Crippen molar-refractivity contribution in [2.45, 2.75) is 32.6 Å². The Kier molecular flexibility index (Phi) is 5.88. The van der Waals surface area contributed by atoms with Crippen LogP contribution in [0.3, 0.4) is 0 Å². The third-order valence-corrected chi connectivity index (χ3v) is 6.16. The number of aromatic amines is 1. The van der Waals surface area contributed by atoms with E-state index >= 15 is 0 Å². The molecule has 1 N–H and O–H groups in total. The van der Waals surface area contributed by atoms with E-state index in [9.17, 15) is 0 Å². The van der Waals surface area contributed by atoms with E-state index in [4.69, 9.17) is 16.3 Å². The molecule has 0 aliphatic carbocycles. The largest absolute Gasteiger partial charge is 0.494 e. The van der Waals surface area contributed by atoms with Crippen molar-refractivity contribution in [2.24, 2.45) is 5.92 Å². The fourth-order valence-corrected chi connectivity index (χ4v) is 4.06. The van der Waals surface area contributed by atoms with Gasteiger partial charge in [0.05, 0.1) is 17.6 Å². The van der Waals surface area contributed by atoms with Gasteiger partial charge in [-0.25, -0.2) is 4.98 Å². The number of halogens is 1. The van der Waals surface area contributed by atoms with E-state index in [0.717, 1.165) is 57.7 Å². The minimum atomic E-state index is 0.745. The molecule has 1 aromatic heterocycles. The first-order chi connectivity index (χ1) is 13.6. The molecule has 4 nitrogen and oxygen atoms in total. The Morgan fingerprint density at radius 3 is 2.68 bits per heavy atom. The van der Waals surface area contributed by atoms with Gasteiger partial charge in [-0.1, -0.05) is 11.6 Å². The normalized spacial score (nSPS) is 16.0. The molecule has 28 heavy (non-hydrogen) atoms. The molecule has 2 aromatic carbocycles. The summed E-state index contributed by atoms with van der Waals surface area (Å²) in [7, 11) is 2.21. The van der Waals surface area contributed by atoms with Crippen LogP contribution < -0.4 is 4.74 Å². The molecule has 0 saturated carbocycles. The number of rotatable bonds is 6. The Labute approximate surface area is 171 Å². The van der Waals surface area contributed by atoms with Gasteiger partial charge in [0.25, 0.3) is 0 Å². The topological polar surface area (TPSA) is 41.1 Å². The number of hydrogen-bond acceptors (Lipinski definition) is 3. The molecule has 1 aliphatic rings. The second-order valence-electron chi connectivity index (χ2n) is 7.97. The molecule has 148 valence electrons. The number of piperidine rings is 1. The summed E-state index contributed by atoms with van der Waals surface area (Å²) < 4.78 is 5.94. The van der Waals surface area contributed by atoms with Crippen molar-refractivity contribution < 1.29 is 4.74 Å². The van der Waals surface area contributed by atoms with Crippen molar-refractivity contribution in [1.82, 2.24) is 14.9 Å². The van der Waals surface area contributed by atoms with Gasteiger partial charge in [0.1, 0.15) is 11.6 Å². The summed E-state index contributed by atoms with van der Waals surface area (Å²) in [5.41, 5.74) is 3.99. The predicted molar refractivity (Wildman–Crippen MR) is 116 cm³/mol. The van der Waals surface area contributed by atoms with Crippen LogP contribution in [0, 0.1) is 12.8 Å². The maximum absolute atomic E-state index is 6.21. The average Bonchev–Trinajstić information content (AvgIpc) is 3.10. The van der Waals surface area contributed by atoms with Crippen LogP contribution in [-0.2, 0) is 0 Å². The van der Waals surface area contributed by atoms with Crippen LogP contribution in [0.5, 0.6) is 5.75 Å². The highest BCUT2D eigenvalue weighted by Crippen LogP contribution is 2.27. The van der Waals surface area contributed by atoms with E-state index < -0.39 is 0 Å². The lowest BCUT2D eigenvalue weighted by molar-refractivity contribution is 0.200. The van der Waals surface area contributed by atoms with Crippen molar-refractivity contribution in [3.05, 3.63) is 47.0 Å². The van der Waals surface area contributed by atoms with Crippen molar-refractivity contribution in [2.75, 3.05) is 26.7 Å². The van der Waals surface area contributed by atoms with Crippen LogP contribution in [-0.4, -0.2) is 41.6 Å². The lowest BCUT2D eigenvalue weighted by Crippen LogP contribution is -2.30. The zero-order valence-corrected chi connectivity index (χ0v) is 17.4. The lowest BCUT2D eigenvalue weighted by atomic mass is 9.93. The molecule has 1 saturated heterocycles. The SMILES string of the molecule is Cc1cc2[nH]c(-c3ccc(OCCCC4CCN(C)CC4)cc3)nc2cc1Cl. The molecule has 0 bridgehead atoms. The number of aromatic nitrogens is 2. The summed E-state index contributed by atoms with van der Waals surface area (Å²) in [6.07, 6.45) is 5.05. The van der Waals surface area contributed by atoms with Gasteiger partial charge in [-0.15, -0.1) is 0 Å². The van der Waals surface area contributed by atoms with Crippen LogP contribution in [0.25, 0.3) is 22.4 Å². The second-order valence-corrected chi connectivity index (χ2v) is 8.37. The molecule has 4 rings (SSSR count). The van der Waals surface area contributed by atoms with Gasteiger partial charge in [-0.05, 0) is 101 Å². The molecule has 3 aromatic rings. The van der Waals surface area contributed by atoms with Crippen molar-refractivity contribution >= 4 is 22.6 Å². The summed E-state index contributed by atoms with van der Waals surface area (Å²) in [5, 5.41) is 0.745. The van der Waals surface area contributed by atoms with Crippen molar-refractivity contribution in [3.8, 4) is 17.1 Å². The van der Waals surface area contributed by atoms with Gasteiger partial charge < -0.3 is 14.6 Å². The molecule has 5 heteroatoms. The number of fused-ring (bicyclic) bond motifs is 1. The highest BCUT2D eigenvalue weighted by Gasteiger charge is 2.16. The average molecular weight is 398 g/mol. The second kappa shape index (κ2) is 8.54. The van der Waals surface area contributed by atoms with Crippen LogP contribution in [0.15, 0.2) is 36.4 Å². The van der Waals surface area contributed by atoms with Crippen LogP contribution in [0.2, 0.25) is 5.02 Å². The molecule has 0 spiro atoms. The molecular formula is C23H28ClN3O. The monoisotopic (exact) mass is 397 g/mol. The number of ether oxygens (including phenoxy) is 1. The maximum atomic E-state index is 6.21. The standard InChI is InChI=1S/C23H28ClN3O/c1-16-14-21-22(15-20(16)24)26-23(25-21)18-5-7-19(8-6-18)28-13-3-4-17-9-11-27(2)12-10-17/h5-8,14-15,17H,3-4,9-13H2,1-2H3,(H,25,26). The maximum Gasteiger partial charge on any atom is 0.138 e. The Morgan fingerprint density at radius 2 is 1.93 bits per heavy atom. The van der Waals surface area contributed by atoms with E-state index in [1.54, 1.807) is 0 Å². The summed E-state index contributed by atoms with van der Waals surface area (Å²) in [5.74, 6) is 2.64. The molecule has 0 amide bonds. The molecule has 0 unspecified atom stereocenters. The van der Waals surface area contributed by atoms with Gasteiger partial charge in [0, 0.05) is 10.6 Å². The number of nitrogens with zero attached hydrogens (tertiary/aromatic N) is 2. The van der Waals surface area contributed by atoms with Crippen molar-refractivity contribution in [1.29, 1.82) is 0 Å². The number of imidazole rings is 1. The van der Waals surface area contributed by atoms with E-state index in [-0.39, 0.29) is 0 Å². The number of H-pyrrole nitrogens is 1. The zero-order valence-electron chi connectivity index (χ0n) is 16.7. The fourth-order valence-electron chi connectivity index (χ4n) is 3.90. The van der Waals surface area contributed by atoms with Crippen LogP contribution in [0.4, 0.5) is 0 Å². The molecule has 0 atom stereocenters. The first-order valence-corrected chi connectivity index (χ1v) is 10.5. The molecule has 1 aliphatic heterocycles. The highest BCUT2D eigenvalue weighted by atomic mass is 35.5. The minimum Gasteiger partial charge on any atom is -0.494 e. The first-order valence-electron chi connectivity index (χ1n) is 10.2. The summed E-state index contributed by atoms with van der Waals surface area (Å²) >= 11 is 6.21. The summed E-state index contributed by atoms with van der Waals surface area (Å²) in [4.78, 5) is 10.5. The van der Waals surface area contributed by atoms with Gasteiger partial charge >= 0.3 is 0 Å². The quantitative estimate of drug-likeness (QED) is 0.543. The van der Waals surface area contributed by atoms with Crippen LogP contribution >= 0.6 is 11.6 Å². The number of likely N-dealkylation sites (tertiary alicyclic amines) is 1. The summed E-state index contributed by atoms with van der Waals surface area (Å²) in [6.45, 7) is 5.26. The van der Waals surface area contributed by atoms with Crippen molar-refractivity contribution in [3.63, 3.8) is 0 Å². The fraction of sp³-hybridized carbons (Fsp3) is 0.435. The Balaban J connectivity index is 1.31. The summed E-state index contributed by atoms with van der Waals surface area (Å²) in [6, 6.07) is 12.1. The number of nitrogens with one attached hydrogen (secondary N) is 1. The Morgan fingerprint density at radius 1 is 1.18 bits per heavy atom. The van der Waals surface area contributed by atoms with Gasteiger partial charge in [0.2, 0.25) is 0 Å². The van der Waals surface area contributed by atoms with E-state index in [1.165, 1.54) is 32.4 Å². The number of aryl methyl sites for hydroxylation is 1. The number of hydrogen-bond donors (Lipinski definition) is 1. The predicted octanol–water partition coefficient (Wildman–Crippen LogP) is 5.69. The molecule has 0 radical (unpaired) electrons. The van der Waals surface area contributed by atoms with E-state index in [1.807, 2.05) is 31.2 Å². The third-order valence-electron chi connectivity index (χ3n) is 5.75.